The first-order valence-electron chi connectivity index (χ1n) is 12.2. The highest BCUT2D eigenvalue weighted by Gasteiger charge is 2.29. The molecule has 2 heterocycles. The van der Waals surface area contributed by atoms with Crippen LogP contribution in [0.15, 0.2) is 72.8 Å². The number of hydrogen-bond donors (Lipinski definition) is 0. The minimum atomic E-state index is -0.0951. The van der Waals surface area contributed by atoms with E-state index in [0.717, 1.165) is 11.4 Å². The zero-order valence-electron chi connectivity index (χ0n) is 19.9. The van der Waals surface area contributed by atoms with Crippen molar-refractivity contribution in [3.63, 3.8) is 0 Å². The van der Waals surface area contributed by atoms with Crippen LogP contribution in [0.2, 0.25) is 10.0 Å². The third-order valence-corrected chi connectivity index (χ3v) is 7.34. The molecule has 2 fully saturated rings. The number of amides is 2. The summed E-state index contributed by atoms with van der Waals surface area (Å²) in [7, 11) is 0. The van der Waals surface area contributed by atoms with Gasteiger partial charge in [-0.1, -0.05) is 47.5 Å². The molecule has 0 aromatic heterocycles. The average molecular weight is 523 g/mol. The van der Waals surface area contributed by atoms with Gasteiger partial charge in [0.2, 0.25) is 0 Å². The van der Waals surface area contributed by atoms with Gasteiger partial charge in [-0.2, -0.15) is 0 Å². The molecule has 0 aliphatic carbocycles. The molecule has 0 atom stereocenters. The summed E-state index contributed by atoms with van der Waals surface area (Å²) >= 11 is 12.3. The van der Waals surface area contributed by atoms with Crippen LogP contribution in [0.3, 0.4) is 0 Å². The Morgan fingerprint density at radius 3 is 1.28 bits per heavy atom. The van der Waals surface area contributed by atoms with E-state index in [2.05, 4.69) is 9.80 Å². The Hall–Kier alpha value is -3.22. The lowest BCUT2D eigenvalue weighted by Gasteiger charge is -2.37. The van der Waals surface area contributed by atoms with E-state index < -0.39 is 0 Å². The number of nitrogens with zero attached hydrogens (tertiary/aromatic N) is 4. The summed E-state index contributed by atoms with van der Waals surface area (Å²) in [5.41, 5.74) is 3.05. The monoisotopic (exact) mass is 522 g/mol. The molecule has 2 aliphatic heterocycles. The number of carbonyl (C=O) groups excluding carboxylic acids is 2. The first kappa shape index (κ1) is 24.5. The molecule has 0 radical (unpaired) electrons. The average Bonchev–Trinajstić information content (AvgIpc) is 2.92. The predicted octanol–water partition coefficient (Wildman–Crippen LogP) is 4.92. The number of piperazine rings is 2. The topological polar surface area (TPSA) is 47.1 Å². The maximum atomic E-state index is 13.5. The van der Waals surface area contributed by atoms with Crippen molar-refractivity contribution in [2.75, 3.05) is 62.2 Å². The maximum Gasteiger partial charge on any atom is 0.254 e. The van der Waals surface area contributed by atoms with E-state index in [1.807, 2.05) is 70.5 Å². The lowest BCUT2D eigenvalue weighted by molar-refractivity contribution is 0.0707. The normalized spacial score (nSPS) is 16.3. The number of anilines is 2. The molecule has 0 N–H and O–H groups in total. The van der Waals surface area contributed by atoms with Gasteiger partial charge in [0.15, 0.2) is 0 Å². The van der Waals surface area contributed by atoms with Crippen LogP contribution in [-0.2, 0) is 0 Å². The van der Waals surface area contributed by atoms with Crippen molar-refractivity contribution in [1.29, 1.82) is 0 Å². The summed E-state index contributed by atoms with van der Waals surface area (Å²) in [4.78, 5) is 35.1. The van der Waals surface area contributed by atoms with Crippen molar-refractivity contribution in [2.45, 2.75) is 0 Å². The van der Waals surface area contributed by atoms with E-state index in [-0.39, 0.29) is 11.8 Å². The van der Waals surface area contributed by atoms with Gasteiger partial charge in [0, 0.05) is 73.8 Å². The van der Waals surface area contributed by atoms with Crippen LogP contribution < -0.4 is 9.80 Å². The molecule has 0 unspecified atom stereocenters. The van der Waals surface area contributed by atoms with Crippen molar-refractivity contribution in [3.05, 3.63) is 94.0 Å². The standard InChI is InChI=1S/C28H28Cl2N4O2/c29-21-5-3-7-23(19-21)31-11-15-33(16-12-31)27(35)25-9-1-2-10-26(25)28(36)34-17-13-32(14-18-34)24-8-4-6-22(30)20-24/h1-10,19-20H,11-18H2. The molecule has 3 aromatic carbocycles. The van der Waals surface area contributed by atoms with Crippen LogP contribution in [0, 0.1) is 0 Å². The van der Waals surface area contributed by atoms with Gasteiger partial charge in [-0.05, 0) is 48.5 Å². The quantitative estimate of drug-likeness (QED) is 0.487. The second kappa shape index (κ2) is 10.8. The molecule has 5 rings (SSSR count). The highest BCUT2D eigenvalue weighted by molar-refractivity contribution is 6.31. The van der Waals surface area contributed by atoms with Gasteiger partial charge in [0.1, 0.15) is 0 Å². The third kappa shape index (κ3) is 5.30. The molecule has 36 heavy (non-hydrogen) atoms. The summed E-state index contributed by atoms with van der Waals surface area (Å²) in [5, 5.41) is 1.40. The fraction of sp³-hybridized carbons (Fsp3) is 0.286. The van der Waals surface area contributed by atoms with Crippen LogP contribution in [0.1, 0.15) is 20.7 Å². The fourth-order valence-electron chi connectivity index (χ4n) is 4.88. The van der Waals surface area contributed by atoms with Gasteiger partial charge < -0.3 is 19.6 Å². The Morgan fingerprint density at radius 1 is 0.528 bits per heavy atom. The van der Waals surface area contributed by atoms with Crippen molar-refractivity contribution in [1.82, 2.24) is 9.80 Å². The molecule has 0 saturated carbocycles. The van der Waals surface area contributed by atoms with Gasteiger partial charge in [-0.15, -0.1) is 0 Å². The van der Waals surface area contributed by atoms with Crippen LogP contribution in [0.4, 0.5) is 11.4 Å². The molecule has 0 bridgehead atoms. The van der Waals surface area contributed by atoms with Crippen molar-refractivity contribution in [3.8, 4) is 0 Å². The number of halogens is 2. The second-order valence-electron chi connectivity index (χ2n) is 9.06. The lowest BCUT2D eigenvalue weighted by Crippen LogP contribution is -2.50. The number of rotatable bonds is 4. The zero-order valence-corrected chi connectivity index (χ0v) is 21.5. The minimum absolute atomic E-state index is 0.0951. The predicted molar refractivity (Wildman–Crippen MR) is 146 cm³/mol. The molecular weight excluding hydrogens is 495 g/mol. The van der Waals surface area contributed by atoms with Crippen LogP contribution in [0.5, 0.6) is 0 Å². The van der Waals surface area contributed by atoms with Crippen LogP contribution in [0.25, 0.3) is 0 Å². The number of hydrogen-bond acceptors (Lipinski definition) is 4. The Balaban J connectivity index is 1.23. The van der Waals surface area contributed by atoms with E-state index in [9.17, 15) is 9.59 Å². The Labute approximate surface area is 221 Å². The Morgan fingerprint density at radius 2 is 0.917 bits per heavy atom. The van der Waals surface area contributed by atoms with Gasteiger partial charge >= 0.3 is 0 Å². The first-order valence-corrected chi connectivity index (χ1v) is 12.9. The SMILES string of the molecule is O=C(c1ccccc1C(=O)N1CCN(c2cccc(Cl)c2)CC1)N1CCN(c2cccc(Cl)c2)CC1. The van der Waals surface area contributed by atoms with Crippen molar-refractivity contribution < 1.29 is 9.59 Å². The lowest BCUT2D eigenvalue weighted by atomic mass is 10.0. The highest BCUT2D eigenvalue weighted by Crippen LogP contribution is 2.24. The Bertz CT molecular complexity index is 1160. The second-order valence-corrected chi connectivity index (χ2v) is 9.94. The molecule has 2 amide bonds. The van der Waals surface area contributed by atoms with Gasteiger partial charge in [0.05, 0.1) is 11.1 Å². The van der Waals surface area contributed by atoms with E-state index >= 15 is 0 Å². The van der Waals surface area contributed by atoms with Gasteiger partial charge in [-0.3, -0.25) is 9.59 Å². The van der Waals surface area contributed by atoms with Crippen molar-refractivity contribution in [2.24, 2.45) is 0 Å². The molecule has 186 valence electrons. The van der Waals surface area contributed by atoms with Crippen molar-refractivity contribution >= 4 is 46.4 Å². The number of benzene rings is 3. The largest absolute Gasteiger partial charge is 0.368 e. The molecule has 3 aromatic rings. The van der Waals surface area contributed by atoms with E-state index in [1.54, 1.807) is 12.1 Å². The van der Waals surface area contributed by atoms with E-state index in [1.165, 1.54) is 0 Å². The third-order valence-electron chi connectivity index (χ3n) is 6.87. The van der Waals surface area contributed by atoms with Crippen LogP contribution in [-0.4, -0.2) is 74.0 Å². The molecular formula is C28H28Cl2N4O2. The van der Waals surface area contributed by atoms with E-state index in [0.29, 0.717) is 73.5 Å². The maximum absolute atomic E-state index is 13.5. The molecule has 0 spiro atoms. The molecule has 2 aliphatic rings. The van der Waals surface area contributed by atoms with Crippen LogP contribution >= 0.6 is 23.2 Å². The van der Waals surface area contributed by atoms with E-state index in [4.69, 9.17) is 23.2 Å². The summed E-state index contributed by atoms with van der Waals surface area (Å²) < 4.78 is 0. The molecule has 2 saturated heterocycles. The van der Waals surface area contributed by atoms with Gasteiger partial charge in [0.25, 0.3) is 11.8 Å². The van der Waals surface area contributed by atoms with Gasteiger partial charge in [-0.25, -0.2) is 0 Å². The fourth-order valence-corrected chi connectivity index (χ4v) is 5.25. The summed E-state index contributed by atoms with van der Waals surface area (Å²) in [6.07, 6.45) is 0. The first-order chi connectivity index (χ1) is 17.5. The smallest absolute Gasteiger partial charge is 0.254 e. The Kier molecular flexibility index (Phi) is 7.35. The molecule has 8 heteroatoms. The molecule has 6 nitrogen and oxygen atoms in total. The summed E-state index contributed by atoms with van der Waals surface area (Å²) in [5.74, 6) is -0.190. The summed E-state index contributed by atoms with van der Waals surface area (Å²) in [6, 6.07) is 22.7. The zero-order chi connectivity index (χ0) is 25.1. The minimum Gasteiger partial charge on any atom is -0.368 e. The number of carbonyl (C=O) groups is 2. The summed E-state index contributed by atoms with van der Waals surface area (Å²) in [6.45, 7) is 5.22. The highest BCUT2D eigenvalue weighted by atomic mass is 35.5.